The predicted octanol–water partition coefficient (Wildman–Crippen LogP) is 3.96. The van der Waals surface area contributed by atoms with Crippen molar-refractivity contribution in [2.24, 2.45) is 0 Å². The zero-order valence-corrected chi connectivity index (χ0v) is 13.2. The van der Waals surface area contributed by atoms with E-state index in [-0.39, 0.29) is 5.69 Å². The van der Waals surface area contributed by atoms with Crippen LogP contribution in [0, 0.1) is 0 Å². The highest BCUT2D eigenvalue weighted by atomic mass is 16.4. The van der Waals surface area contributed by atoms with Gasteiger partial charge in [-0.2, -0.15) is 5.10 Å². The van der Waals surface area contributed by atoms with Gasteiger partial charge in [0, 0.05) is 11.3 Å². The molecule has 0 radical (unpaired) electrons. The van der Waals surface area contributed by atoms with Crippen molar-refractivity contribution in [3.05, 3.63) is 46.8 Å². The lowest BCUT2D eigenvalue weighted by molar-refractivity contribution is 0.0688. The Hall–Kier alpha value is -2.10. The zero-order chi connectivity index (χ0) is 15.7. The Morgan fingerprint density at radius 2 is 1.82 bits per heavy atom. The molecule has 1 aliphatic rings. The monoisotopic (exact) mass is 298 g/mol. The van der Waals surface area contributed by atoms with E-state index in [1.807, 2.05) is 16.8 Å². The highest BCUT2D eigenvalue weighted by molar-refractivity contribution is 5.87. The fraction of sp³-hybridized carbons (Fsp3) is 0.444. The van der Waals surface area contributed by atoms with E-state index in [1.54, 1.807) is 0 Å². The van der Waals surface area contributed by atoms with Gasteiger partial charge in [0.1, 0.15) is 0 Å². The van der Waals surface area contributed by atoms with Crippen molar-refractivity contribution in [1.29, 1.82) is 0 Å². The number of carboxylic acid groups (broad SMARTS) is 1. The van der Waals surface area contributed by atoms with Gasteiger partial charge in [-0.25, -0.2) is 9.48 Å². The molecule has 1 heterocycles. The Bertz CT molecular complexity index is 684. The van der Waals surface area contributed by atoms with Crippen molar-refractivity contribution in [3.8, 4) is 5.69 Å². The molecule has 3 rings (SSSR count). The SMILES string of the molecule is CC(C)c1ccc(-n2nc(C(=O)O)c3c2CCCCC3)cc1. The van der Waals surface area contributed by atoms with Gasteiger partial charge in [-0.1, -0.05) is 32.4 Å². The topological polar surface area (TPSA) is 55.1 Å². The number of fused-ring (bicyclic) bond motifs is 1. The van der Waals surface area contributed by atoms with Crippen LogP contribution in [0.2, 0.25) is 0 Å². The Morgan fingerprint density at radius 1 is 1.14 bits per heavy atom. The van der Waals surface area contributed by atoms with Gasteiger partial charge in [-0.15, -0.1) is 0 Å². The molecule has 1 aliphatic carbocycles. The molecule has 4 nitrogen and oxygen atoms in total. The van der Waals surface area contributed by atoms with Crippen molar-refractivity contribution in [2.45, 2.75) is 51.9 Å². The van der Waals surface area contributed by atoms with Crippen molar-refractivity contribution >= 4 is 5.97 Å². The molecular weight excluding hydrogens is 276 g/mol. The fourth-order valence-electron chi connectivity index (χ4n) is 3.16. The van der Waals surface area contributed by atoms with Crippen LogP contribution in [-0.2, 0) is 12.8 Å². The van der Waals surface area contributed by atoms with E-state index in [1.165, 1.54) is 5.56 Å². The first kappa shape index (κ1) is 14.8. The van der Waals surface area contributed by atoms with Gasteiger partial charge in [0.05, 0.1) is 5.69 Å². The first-order valence-corrected chi connectivity index (χ1v) is 8.02. The maximum Gasteiger partial charge on any atom is 0.356 e. The molecule has 1 N–H and O–H groups in total. The standard InChI is InChI=1S/C18H22N2O2/c1-12(2)13-8-10-14(11-9-13)20-16-7-5-3-4-6-15(16)17(19-20)18(21)22/h8-12H,3-7H2,1-2H3,(H,21,22). The number of benzene rings is 1. The Labute approximate surface area is 130 Å². The van der Waals surface area contributed by atoms with E-state index >= 15 is 0 Å². The van der Waals surface area contributed by atoms with Gasteiger partial charge in [0.25, 0.3) is 0 Å². The molecule has 4 heteroatoms. The number of hydrogen-bond acceptors (Lipinski definition) is 2. The summed E-state index contributed by atoms with van der Waals surface area (Å²) in [6, 6.07) is 8.29. The van der Waals surface area contributed by atoms with Crippen LogP contribution in [0.4, 0.5) is 0 Å². The molecule has 0 bridgehead atoms. The molecule has 0 saturated heterocycles. The summed E-state index contributed by atoms with van der Waals surface area (Å²) < 4.78 is 1.84. The summed E-state index contributed by atoms with van der Waals surface area (Å²) in [6.45, 7) is 4.33. The van der Waals surface area contributed by atoms with Crippen LogP contribution in [0.25, 0.3) is 5.69 Å². The lowest BCUT2D eigenvalue weighted by atomic mass is 10.0. The molecule has 0 unspecified atom stereocenters. The van der Waals surface area contributed by atoms with Gasteiger partial charge in [-0.3, -0.25) is 0 Å². The van der Waals surface area contributed by atoms with Gasteiger partial charge in [0.2, 0.25) is 0 Å². The summed E-state index contributed by atoms with van der Waals surface area (Å²) in [5, 5.41) is 13.8. The molecule has 0 fully saturated rings. The molecule has 0 spiro atoms. The predicted molar refractivity (Wildman–Crippen MR) is 85.9 cm³/mol. The summed E-state index contributed by atoms with van der Waals surface area (Å²) in [6.07, 6.45) is 5.02. The van der Waals surface area contributed by atoms with Crippen LogP contribution < -0.4 is 0 Å². The minimum Gasteiger partial charge on any atom is -0.476 e. The van der Waals surface area contributed by atoms with Crippen LogP contribution in [-0.4, -0.2) is 20.9 Å². The summed E-state index contributed by atoms with van der Waals surface area (Å²) in [4.78, 5) is 11.5. The van der Waals surface area contributed by atoms with Gasteiger partial charge in [-0.05, 0) is 49.3 Å². The summed E-state index contributed by atoms with van der Waals surface area (Å²) in [5.74, 6) is -0.436. The van der Waals surface area contributed by atoms with Crippen LogP contribution in [0.1, 0.15) is 66.3 Å². The van der Waals surface area contributed by atoms with Crippen molar-refractivity contribution in [2.75, 3.05) is 0 Å². The minimum absolute atomic E-state index is 0.227. The molecule has 0 saturated carbocycles. The van der Waals surface area contributed by atoms with E-state index < -0.39 is 5.97 Å². The van der Waals surface area contributed by atoms with Gasteiger partial charge >= 0.3 is 5.97 Å². The van der Waals surface area contributed by atoms with Crippen LogP contribution in [0.3, 0.4) is 0 Å². The Morgan fingerprint density at radius 3 is 2.45 bits per heavy atom. The van der Waals surface area contributed by atoms with E-state index in [0.717, 1.165) is 49.0 Å². The zero-order valence-electron chi connectivity index (χ0n) is 13.2. The lowest BCUT2D eigenvalue weighted by Crippen LogP contribution is -2.04. The smallest absolute Gasteiger partial charge is 0.356 e. The molecule has 2 aromatic rings. The van der Waals surface area contributed by atoms with E-state index in [9.17, 15) is 9.90 Å². The number of hydrogen-bond donors (Lipinski definition) is 1. The first-order valence-electron chi connectivity index (χ1n) is 8.02. The van der Waals surface area contributed by atoms with Crippen LogP contribution in [0.5, 0.6) is 0 Å². The third kappa shape index (κ3) is 2.65. The largest absolute Gasteiger partial charge is 0.476 e. The van der Waals surface area contributed by atoms with E-state index in [0.29, 0.717) is 5.92 Å². The number of carboxylic acids is 1. The van der Waals surface area contributed by atoms with E-state index in [4.69, 9.17) is 0 Å². The average molecular weight is 298 g/mol. The number of nitrogens with zero attached hydrogens (tertiary/aromatic N) is 2. The molecule has 1 aromatic carbocycles. The highest BCUT2D eigenvalue weighted by Crippen LogP contribution is 2.27. The molecule has 1 aromatic heterocycles. The average Bonchev–Trinajstić information content (AvgIpc) is 2.69. The number of aromatic nitrogens is 2. The lowest BCUT2D eigenvalue weighted by Gasteiger charge is -2.10. The summed E-state index contributed by atoms with van der Waals surface area (Å²) in [5.41, 5.74) is 4.46. The maximum absolute atomic E-state index is 11.5. The minimum atomic E-state index is -0.921. The highest BCUT2D eigenvalue weighted by Gasteiger charge is 2.24. The van der Waals surface area contributed by atoms with Gasteiger partial charge < -0.3 is 5.11 Å². The van der Waals surface area contributed by atoms with Gasteiger partial charge in [0.15, 0.2) is 5.69 Å². The summed E-state index contributed by atoms with van der Waals surface area (Å²) >= 11 is 0. The number of rotatable bonds is 3. The second-order valence-corrected chi connectivity index (χ2v) is 6.30. The Balaban J connectivity index is 2.08. The second-order valence-electron chi connectivity index (χ2n) is 6.30. The van der Waals surface area contributed by atoms with Crippen molar-refractivity contribution < 1.29 is 9.90 Å². The first-order chi connectivity index (χ1) is 10.6. The summed E-state index contributed by atoms with van der Waals surface area (Å²) in [7, 11) is 0. The van der Waals surface area contributed by atoms with Crippen molar-refractivity contribution in [1.82, 2.24) is 9.78 Å². The molecule has 0 amide bonds. The fourth-order valence-corrected chi connectivity index (χ4v) is 3.16. The molecule has 0 aliphatic heterocycles. The third-order valence-corrected chi connectivity index (χ3v) is 4.44. The second kappa shape index (κ2) is 5.95. The quantitative estimate of drug-likeness (QED) is 0.873. The molecule has 0 atom stereocenters. The number of aromatic carboxylic acids is 1. The number of carbonyl (C=O) groups is 1. The van der Waals surface area contributed by atoms with Crippen molar-refractivity contribution in [3.63, 3.8) is 0 Å². The van der Waals surface area contributed by atoms with E-state index in [2.05, 4.69) is 31.1 Å². The van der Waals surface area contributed by atoms with Crippen LogP contribution >= 0.6 is 0 Å². The molecule has 22 heavy (non-hydrogen) atoms. The molecular formula is C18H22N2O2. The Kier molecular flexibility index (Phi) is 4.01. The molecule has 116 valence electrons. The van der Waals surface area contributed by atoms with Crippen LogP contribution in [0.15, 0.2) is 24.3 Å². The normalized spacial score (nSPS) is 14.7. The third-order valence-electron chi connectivity index (χ3n) is 4.44. The maximum atomic E-state index is 11.5.